The summed E-state index contributed by atoms with van der Waals surface area (Å²) in [5, 5.41) is 3.48. The lowest BCUT2D eigenvalue weighted by molar-refractivity contribution is 0.0847. The molecule has 0 aliphatic carbocycles. The van der Waals surface area contributed by atoms with Gasteiger partial charge in [-0.1, -0.05) is 35.3 Å². The van der Waals surface area contributed by atoms with Gasteiger partial charge < -0.3 is 5.32 Å². The molecule has 0 spiro atoms. The molecule has 2 aromatic carbocycles. The first-order valence-electron chi connectivity index (χ1n) is 10.1. The van der Waals surface area contributed by atoms with Crippen LogP contribution < -0.4 is 16.2 Å². The lowest BCUT2D eigenvalue weighted by Gasteiger charge is -2.12. The number of pyridine rings is 1. The van der Waals surface area contributed by atoms with Gasteiger partial charge in [0.15, 0.2) is 0 Å². The highest BCUT2D eigenvalue weighted by molar-refractivity contribution is 6.43. The van der Waals surface area contributed by atoms with Crippen LogP contribution in [0.15, 0.2) is 73.2 Å². The number of halogens is 2. The first-order valence-corrected chi connectivity index (χ1v) is 10.8. The fourth-order valence-corrected chi connectivity index (χ4v) is 3.43. The number of carbonyl (C=O) groups excluding carboxylic acids is 2. The molecule has 2 aromatic heterocycles. The predicted octanol–water partition coefficient (Wildman–Crippen LogP) is 4.97. The Bertz CT molecular complexity index is 1360. The van der Waals surface area contributed by atoms with Gasteiger partial charge in [-0.3, -0.25) is 25.4 Å². The van der Waals surface area contributed by atoms with E-state index >= 15 is 0 Å². The Kier molecular flexibility index (Phi) is 7.01. The number of carbonyl (C=O) groups is 2. The first-order chi connectivity index (χ1) is 16.4. The molecular weight excluding hydrogens is 475 g/mol. The molecule has 170 valence electrons. The van der Waals surface area contributed by atoms with Crippen molar-refractivity contribution in [2.45, 2.75) is 6.92 Å². The van der Waals surface area contributed by atoms with Crippen molar-refractivity contribution in [1.82, 2.24) is 25.8 Å². The standard InChI is InChI=1S/C24H18Cl2N6O2/c1-14-7-8-15(22(33)31-32-23(34)17-5-2-6-18(25)21(17)26)12-20(14)30-24-28-11-9-19(29-24)16-4-3-10-27-13-16/h2-13H,1H3,(H,31,33)(H,32,34)(H,28,29,30). The SMILES string of the molecule is Cc1ccc(C(=O)NNC(=O)c2cccc(Cl)c2Cl)cc1Nc1nccc(-c2cccnc2)n1. The highest BCUT2D eigenvalue weighted by Crippen LogP contribution is 2.25. The van der Waals surface area contributed by atoms with Crippen LogP contribution in [0.5, 0.6) is 0 Å². The van der Waals surface area contributed by atoms with Gasteiger partial charge in [-0.15, -0.1) is 0 Å². The number of anilines is 2. The third-order valence-electron chi connectivity index (χ3n) is 4.84. The topological polar surface area (TPSA) is 109 Å². The summed E-state index contributed by atoms with van der Waals surface area (Å²) in [6.45, 7) is 1.89. The number of nitrogens with one attached hydrogen (secondary N) is 3. The minimum absolute atomic E-state index is 0.103. The normalized spacial score (nSPS) is 10.4. The second-order valence-corrected chi connectivity index (χ2v) is 7.96. The molecule has 8 nitrogen and oxygen atoms in total. The van der Waals surface area contributed by atoms with E-state index in [-0.39, 0.29) is 15.6 Å². The summed E-state index contributed by atoms with van der Waals surface area (Å²) in [6, 6.07) is 15.2. The molecule has 0 aliphatic rings. The molecule has 0 saturated carbocycles. The summed E-state index contributed by atoms with van der Waals surface area (Å²) >= 11 is 12.0. The maximum Gasteiger partial charge on any atom is 0.271 e. The van der Waals surface area contributed by atoms with Gasteiger partial charge in [-0.25, -0.2) is 9.97 Å². The van der Waals surface area contributed by atoms with Crippen molar-refractivity contribution in [2.24, 2.45) is 0 Å². The molecule has 4 rings (SSSR count). The highest BCUT2D eigenvalue weighted by atomic mass is 35.5. The zero-order chi connectivity index (χ0) is 24.1. The lowest BCUT2D eigenvalue weighted by atomic mass is 10.1. The van der Waals surface area contributed by atoms with E-state index in [0.717, 1.165) is 11.1 Å². The van der Waals surface area contributed by atoms with Crippen LogP contribution in [-0.4, -0.2) is 26.8 Å². The Morgan fingerprint density at radius 2 is 1.74 bits per heavy atom. The third kappa shape index (κ3) is 5.31. The van der Waals surface area contributed by atoms with Crippen molar-refractivity contribution in [3.8, 4) is 11.3 Å². The molecule has 34 heavy (non-hydrogen) atoms. The zero-order valence-corrected chi connectivity index (χ0v) is 19.4. The summed E-state index contributed by atoms with van der Waals surface area (Å²) in [5.74, 6) is -0.739. The summed E-state index contributed by atoms with van der Waals surface area (Å²) in [4.78, 5) is 37.9. The average molecular weight is 493 g/mol. The maximum absolute atomic E-state index is 12.6. The minimum atomic E-state index is -0.591. The second kappa shape index (κ2) is 10.3. The van der Waals surface area contributed by atoms with E-state index in [1.165, 1.54) is 6.07 Å². The van der Waals surface area contributed by atoms with Crippen molar-refractivity contribution in [3.05, 3.63) is 99.9 Å². The van der Waals surface area contributed by atoms with Crippen LogP contribution in [0.2, 0.25) is 10.0 Å². The second-order valence-electron chi connectivity index (χ2n) is 7.17. The number of benzene rings is 2. The van der Waals surface area contributed by atoms with Crippen molar-refractivity contribution >= 4 is 46.7 Å². The number of hydrogen-bond acceptors (Lipinski definition) is 6. The van der Waals surface area contributed by atoms with Crippen LogP contribution in [0.4, 0.5) is 11.6 Å². The number of amides is 2. The highest BCUT2D eigenvalue weighted by Gasteiger charge is 2.15. The maximum atomic E-state index is 12.6. The van der Waals surface area contributed by atoms with E-state index in [0.29, 0.717) is 22.9 Å². The summed E-state index contributed by atoms with van der Waals surface area (Å²) < 4.78 is 0. The molecule has 0 atom stereocenters. The van der Waals surface area contributed by atoms with E-state index in [2.05, 4.69) is 31.1 Å². The van der Waals surface area contributed by atoms with Crippen LogP contribution in [0.1, 0.15) is 26.3 Å². The van der Waals surface area contributed by atoms with Crippen LogP contribution in [-0.2, 0) is 0 Å². The number of aryl methyl sites for hydroxylation is 1. The van der Waals surface area contributed by atoms with Crippen molar-refractivity contribution in [2.75, 3.05) is 5.32 Å². The van der Waals surface area contributed by atoms with Crippen molar-refractivity contribution in [3.63, 3.8) is 0 Å². The van der Waals surface area contributed by atoms with Gasteiger partial charge in [0.25, 0.3) is 11.8 Å². The van der Waals surface area contributed by atoms with Crippen LogP contribution >= 0.6 is 23.2 Å². The van der Waals surface area contributed by atoms with Gasteiger partial charge in [-0.05, 0) is 55.0 Å². The molecule has 0 unspecified atom stereocenters. The number of aromatic nitrogens is 3. The Morgan fingerprint density at radius 1 is 0.912 bits per heavy atom. The molecule has 0 saturated heterocycles. The van der Waals surface area contributed by atoms with Gasteiger partial charge in [0, 0.05) is 35.4 Å². The fraction of sp³-hybridized carbons (Fsp3) is 0.0417. The summed E-state index contributed by atoms with van der Waals surface area (Å²) in [5.41, 5.74) is 8.26. The van der Waals surface area contributed by atoms with Crippen LogP contribution in [0.3, 0.4) is 0 Å². The van der Waals surface area contributed by atoms with E-state index < -0.39 is 11.8 Å². The molecule has 4 aromatic rings. The van der Waals surface area contributed by atoms with E-state index in [4.69, 9.17) is 23.2 Å². The Morgan fingerprint density at radius 3 is 2.53 bits per heavy atom. The van der Waals surface area contributed by atoms with Gasteiger partial charge in [0.2, 0.25) is 5.95 Å². The molecule has 0 fully saturated rings. The molecular formula is C24H18Cl2N6O2. The van der Waals surface area contributed by atoms with Crippen LogP contribution in [0.25, 0.3) is 11.3 Å². The first kappa shape index (κ1) is 23.2. The van der Waals surface area contributed by atoms with Gasteiger partial charge in [-0.2, -0.15) is 0 Å². The van der Waals surface area contributed by atoms with E-state index in [1.54, 1.807) is 55.0 Å². The lowest BCUT2D eigenvalue weighted by Crippen LogP contribution is -2.41. The number of nitrogens with zero attached hydrogens (tertiary/aromatic N) is 3. The molecule has 0 radical (unpaired) electrons. The predicted molar refractivity (Wildman–Crippen MR) is 131 cm³/mol. The smallest absolute Gasteiger partial charge is 0.271 e. The minimum Gasteiger partial charge on any atom is -0.324 e. The van der Waals surface area contributed by atoms with E-state index in [1.807, 2.05) is 19.1 Å². The fourth-order valence-electron chi connectivity index (χ4n) is 3.04. The number of rotatable bonds is 5. The average Bonchev–Trinajstić information content (AvgIpc) is 2.86. The van der Waals surface area contributed by atoms with Crippen molar-refractivity contribution < 1.29 is 9.59 Å². The monoisotopic (exact) mass is 492 g/mol. The Balaban J connectivity index is 1.47. The molecule has 0 bridgehead atoms. The Hall–Kier alpha value is -4.01. The molecule has 0 aliphatic heterocycles. The van der Waals surface area contributed by atoms with Gasteiger partial charge in [0.1, 0.15) is 0 Å². The Labute approximate surface area is 205 Å². The largest absolute Gasteiger partial charge is 0.324 e. The van der Waals surface area contributed by atoms with E-state index in [9.17, 15) is 9.59 Å². The zero-order valence-electron chi connectivity index (χ0n) is 17.8. The molecule has 2 amide bonds. The number of hydrogen-bond donors (Lipinski definition) is 3. The quantitative estimate of drug-likeness (QED) is 0.339. The van der Waals surface area contributed by atoms with Crippen molar-refractivity contribution in [1.29, 1.82) is 0 Å². The third-order valence-corrected chi connectivity index (χ3v) is 5.66. The molecule has 2 heterocycles. The van der Waals surface area contributed by atoms with Crippen LogP contribution in [0, 0.1) is 6.92 Å². The summed E-state index contributed by atoms with van der Waals surface area (Å²) in [6.07, 6.45) is 5.04. The number of hydrazine groups is 1. The molecule has 3 N–H and O–H groups in total. The van der Waals surface area contributed by atoms with Gasteiger partial charge >= 0.3 is 0 Å². The van der Waals surface area contributed by atoms with Gasteiger partial charge in [0.05, 0.1) is 21.3 Å². The molecule has 10 heteroatoms. The summed E-state index contributed by atoms with van der Waals surface area (Å²) in [7, 11) is 0.